The minimum absolute atomic E-state index is 0.138. The lowest BCUT2D eigenvalue weighted by Gasteiger charge is -2.33. The first-order valence-corrected chi connectivity index (χ1v) is 13.3. The molecule has 0 bridgehead atoms. The largest absolute Gasteiger partial charge is 0.450 e. The van der Waals surface area contributed by atoms with Crippen LogP contribution in [0.25, 0.3) is 5.57 Å². The number of carbonyl (C=O) groups is 1. The topological polar surface area (TPSA) is 41.6 Å². The van der Waals surface area contributed by atoms with Crippen molar-refractivity contribution in [2.45, 2.75) is 58.9 Å². The number of aryl methyl sites for hydroxylation is 1. The highest BCUT2D eigenvalue weighted by molar-refractivity contribution is 9.12. The van der Waals surface area contributed by atoms with Crippen LogP contribution in [0, 0.1) is 0 Å². The zero-order valence-corrected chi connectivity index (χ0v) is 22.9. The number of ether oxygens (including phenoxy) is 1. The van der Waals surface area contributed by atoms with E-state index in [4.69, 9.17) is 16.3 Å². The smallest absolute Gasteiger partial charge is 0.409 e. The number of nitrogens with zero attached hydrogens (tertiary/aromatic N) is 1. The Balaban J connectivity index is 0.000000913. The number of nitrogens with one attached hydrogen (secondary N) is 1. The molecular weight excluding hydrogens is 556 g/mol. The minimum Gasteiger partial charge on any atom is -0.450 e. The number of amides is 1. The van der Waals surface area contributed by atoms with E-state index in [9.17, 15) is 4.79 Å². The molecule has 1 N–H and O–H groups in total. The van der Waals surface area contributed by atoms with Gasteiger partial charge in [0.15, 0.2) is 0 Å². The molecule has 1 atom stereocenters. The predicted octanol–water partition coefficient (Wildman–Crippen LogP) is 7.61. The second-order valence-electron chi connectivity index (χ2n) is 8.18. The van der Waals surface area contributed by atoms with Crippen molar-refractivity contribution < 1.29 is 9.53 Å². The molecular formula is C25H31Br2ClN2O2. The molecule has 1 amide bonds. The highest BCUT2D eigenvalue weighted by Gasteiger charge is 2.32. The molecule has 0 aromatic heterocycles. The summed E-state index contributed by atoms with van der Waals surface area (Å²) in [5, 5.41) is 4.35. The van der Waals surface area contributed by atoms with Gasteiger partial charge in [0, 0.05) is 33.3 Å². The summed E-state index contributed by atoms with van der Waals surface area (Å²) >= 11 is 13.8. The summed E-state index contributed by atoms with van der Waals surface area (Å²) in [6.45, 7) is 7.87. The first-order chi connectivity index (χ1) is 15.4. The van der Waals surface area contributed by atoms with E-state index in [-0.39, 0.29) is 12.1 Å². The van der Waals surface area contributed by atoms with E-state index in [0.29, 0.717) is 19.7 Å². The SMILES string of the molecule is CCC.CCOC(=O)N1CCC(=C2c3c(Br)cc(Cl)cc3CCC3=CC(Br)=CNC32)CC1. The van der Waals surface area contributed by atoms with Gasteiger partial charge in [-0.05, 0) is 89.0 Å². The monoisotopic (exact) mass is 584 g/mol. The molecule has 2 heterocycles. The third-order valence-electron chi connectivity index (χ3n) is 5.73. The van der Waals surface area contributed by atoms with Crippen LogP contribution in [0.1, 0.15) is 57.6 Å². The maximum atomic E-state index is 12.1. The summed E-state index contributed by atoms with van der Waals surface area (Å²) in [5.41, 5.74) is 6.61. The summed E-state index contributed by atoms with van der Waals surface area (Å²) in [5.74, 6) is 0. The second kappa shape index (κ2) is 11.8. The zero-order valence-electron chi connectivity index (χ0n) is 18.9. The van der Waals surface area contributed by atoms with Crippen LogP contribution >= 0.6 is 43.5 Å². The van der Waals surface area contributed by atoms with Crippen LogP contribution in [0.4, 0.5) is 4.79 Å². The Morgan fingerprint density at radius 2 is 1.84 bits per heavy atom. The van der Waals surface area contributed by atoms with E-state index in [1.165, 1.54) is 34.3 Å². The van der Waals surface area contributed by atoms with E-state index < -0.39 is 0 Å². The lowest BCUT2D eigenvalue weighted by atomic mass is 9.85. The predicted molar refractivity (Wildman–Crippen MR) is 140 cm³/mol. The van der Waals surface area contributed by atoms with Gasteiger partial charge in [-0.25, -0.2) is 4.79 Å². The number of allylic oxidation sites excluding steroid dienone is 2. The fourth-order valence-corrected chi connectivity index (χ4v) is 5.94. The van der Waals surface area contributed by atoms with Crippen molar-refractivity contribution in [2.75, 3.05) is 19.7 Å². The quantitative estimate of drug-likeness (QED) is 0.368. The van der Waals surface area contributed by atoms with Gasteiger partial charge in [0.25, 0.3) is 0 Å². The van der Waals surface area contributed by atoms with E-state index in [1.54, 1.807) is 0 Å². The van der Waals surface area contributed by atoms with Gasteiger partial charge in [0.05, 0.1) is 12.6 Å². The Morgan fingerprint density at radius 1 is 1.16 bits per heavy atom. The summed E-state index contributed by atoms with van der Waals surface area (Å²) in [7, 11) is 0. The van der Waals surface area contributed by atoms with Gasteiger partial charge in [-0.3, -0.25) is 0 Å². The van der Waals surface area contributed by atoms with Crippen LogP contribution in [-0.2, 0) is 11.2 Å². The molecule has 7 heteroatoms. The number of likely N-dealkylation sites (tertiary alicyclic amines) is 1. The van der Waals surface area contributed by atoms with Gasteiger partial charge in [0.1, 0.15) is 0 Å². The Kier molecular flexibility index (Phi) is 9.33. The molecule has 0 radical (unpaired) electrons. The number of rotatable bonds is 1. The van der Waals surface area contributed by atoms with Crippen LogP contribution in [0.15, 0.2) is 44.5 Å². The molecule has 1 aromatic carbocycles. The molecule has 1 unspecified atom stereocenters. The molecule has 4 rings (SSSR count). The van der Waals surface area contributed by atoms with Gasteiger partial charge < -0.3 is 15.0 Å². The number of hydrogen-bond acceptors (Lipinski definition) is 3. The Morgan fingerprint density at radius 3 is 2.50 bits per heavy atom. The Bertz CT molecular complexity index is 946. The third kappa shape index (κ3) is 5.81. The number of benzene rings is 1. The molecule has 1 aromatic rings. The van der Waals surface area contributed by atoms with Crippen molar-refractivity contribution in [3.05, 3.63) is 60.7 Å². The molecule has 2 aliphatic heterocycles. The highest BCUT2D eigenvalue weighted by Crippen LogP contribution is 2.43. The average molecular weight is 587 g/mol. The molecule has 174 valence electrons. The number of dihydropyridines is 1. The zero-order chi connectivity index (χ0) is 23.3. The van der Waals surface area contributed by atoms with Crippen molar-refractivity contribution in [3.63, 3.8) is 0 Å². The summed E-state index contributed by atoms with van der Waals surface area (Å²) in [6, 6.07) is 4.22. The standard InChI is InChI=1S/C22H23Br2ClN2O2.C3H8/c1-2-29-22(28)27-7-5-13(6-8-27)20-19-14(10-17(25)11-18(19)24)3-4-15-9-16(23)12-26-21(15)20;1-3-2/h9-12,21,26H,2-8H2,1H3;3H2,1-2H3. The normalized spacial score (nSPS) is 19.9. The van der Waals surface area contributed by atoms with Crippen LogP contribution in [0.3, 0.4) is 0 Å². The number of piperidine rings is 1. The second-order valence-corrected chi connectivity index (χ2v) is 10.4. The van der Waals surface area contributed by atoms with Crippen molar-refractivity contribution in [2.24, 2.45) is 0 Å². The Labute approximate surface area is 213 Å². The van der Waals surface area contributed by atoms with Gasteiger partial charge in [-0.2, -0.15) is 0 Å². The van der Waals surface area contributed by atoms with E-state index in [1.807, 2.05) is 24.1 Å². The fraction of sp³-hybridized carbons (Fsp3) is 0.480. The van der Waals surface area contributed by atoms with E-state index >= 15 is 0 Å². The molecule has 4 nitrogen and oxygen atoms in total. The Hall–Kier alpha value is -1.24. The van der Waals surface area contributed by atoms with Crippen molar-refractivity contribution in [1.82, 2.24) is 10.2 Å². The number of fused-ring (bicyclic) bond motifs is 2. The molecule has 1 aliphatic carbocycles. The van der Waals surface area contributed by atoms with Crippen LogP contribution < -0.4 is 5.32 Å². The maximum Gasteiger partial charge on any atom is 0.409 e. The van der Waals surface area contributed by atoms with Gasteiger partial charge in [-0.1, -0.05) is 53.4 Å². The molecule has 32 heavy (non-hydrogen) atoms. The van der Waals surface area contributed by atoms with Gasteiger partial charge >= 0.3 is 6.09 Å². The highest BCUT2D eigenvalue weighted by atomic mass is 79.9. The van der Waals surface area contributed by atoms with Crippen molar-refractivity contribution in [3.8, 4) is 0 Å². The van der Waals surface area contributed by atoms with Gasteiger partial charge in [0.2, 0.25) is 0 Å². The molecule has 0 saturated carbocycles. The fourth-order valence-electron chi connectivity index (χ4n) is 4.43. The summed E-state index contributed by atoms with van der Waals surface area (Å²) < 4.78 is 7.28. The number of hydrogen-bond donors (Lipinski definition) is 1. The van der Waals surface area contributed by atoms with Crippen molar-refractivity contribution in [1.29, 1.82) is 0 Å². The first kappa shape index (κ1) is 25.4. The molecule has 1 fully saturated rings. The number of halogens is 3. The van der Waals surface area contributed by atoms with Crippen molar-refractivity contribution >= 4 is 55.1 Å². The van der Waals surface area contributed by atoms with E-state index in [2.05, 4.69) is 63.2 Å². The lowest BCUT2D eigenvalue weighted by molar-refractivity contribution is 0.104. The van der Waals surface area contributed by atoms with Gasteiger partial charge in [-0.15, -0.1) is 0 Å². The molecule has 0 spiro atoms. The minimum atomic E-state index is -0.214. The molecule has 3 aliphatic rings. The maximum absolute atomic E-state index is 12.1. The third-order valence-corrected chi connectivity index (χ3v) is 7.04. The van der Waals surface area contributed by atoms with E-state index in [0.717, 1.165) is 39.7 Å². The van der Waals surface area contributed by atoms with Crippen LogP contribution in [0.2, 0.25) is 5.02 Å². The molecule has 1 saturated heterocycles. The average Bonchev–Trinajstić information content (AvgIpc) is 2.91. The first-order valence-electron chi connectivity index (χ1n) is 11.3. The summed E-state index contributed by atoms with van der Waals surface area (Å²) in [6.07, 6.45) is 8.91. The number of carbonyl (C=O) groups excluding carboxylic acids is 1. The van der Waals surface area contributed by atoms with Crippen LogP contribution in [0.5, 0.6) is 0 Å². The van der Waals surface area contributed by atoms with Crippen LogP contribution in [-0.4, -0.2) is 36.7 Å². The lowest BCUT2D eigenvalue weighted by Crippen LogP contribution is -2.38. The summed E-state index contributed by atoms with van der Waals surface area (Å²) in [4.78, 5) is 13.9.